The third-order valence-corrected chi connectivity index (χ3v) is 2.68. The number of oxime groups is 1. The van der Waals surface area contributed by atoms with Crippen molar-refractivity contribution in [2.75, 3.05) is 18.0 Å². The van der Waals surface area contributed by atoms with E-state index in [1.165, 1.54) is 19.1 Å². The molecule has 1 aromatic heterocycles. The molecule has 0 radical (unpaired) electrons. The third-order valence-electron chi connectivity index (χ3n) is 2.68. The lowest BCUT2D eigenvalue weighted by Gasteiger charge is -2.18. The van der Waals surface area contributed by atoms with E-state index in [-0.39, 0.29) is 0 Å². The van der Waals surface area contributed by atoms with Gasteiger partial charge in [-0.25, -0.2) is 4.98 Å². The van der Waals surface area contributed by atoms with Crippen molar-refractivity contribution >= 4 is 12.0 Å². The fourth-order valence-corrected chi connectivity index (χ4v) is 1.99. The monoisotopic (exact) mass is 205 g/mol. The first kappa shape index (κ1) is 9.96. The molecule has 0 spiro atoms. The molecule has 0 atom stereocenters. The Kier molecular flexibility index (Phi) is 2.85. The standard InChI is InChI=1S/C11H15N3O/c1-9-6-10(8-13-15)7-12-11(9)14-4-2-3-5-14/h6-8,15H,2-5H2,1H3/b13-8+. The molecule has 1 N–H and O–H groups in total. The van der Waals surface area contributed by atoms with Crippen LogP contribution in [0, 0.1) is 6.92 Å². The quantitative estimate of drug-likeness (QED) is 0.455. The molecule has 0 aliphatic carbocycles. The van der Waals surface area contributed by atoms with Crippen molar-refractivity contribution in [3.8, 4) is 0 Å². The summed E-state index contributed by atoms with van der Waals surface area (Å²) < 4.78 is 0. The first-order valence-corrected chi connectivity index (χ1v) is 5.20. The van der Waals surface area contributed by atoms with Gasteiger partial charge in [-0.15, -0.1) is 0 Å². The first-order chi connectivity index (χ1) is 7.31. The number of nitrogens with zero attached hydrogens (tertiary/aromatic N) is 3. The fraction of sp³-hybridized carbons (Fsp3) is 0.455. The highest BCUT2D eigenvalue weighted by atomic mass is 16.4. The minimum absolute atomic E-state index is 0.831. The van der Waals surface area contributed by atoms with Gasteiger partial charge in [0.2, 0.25) is 0 Å². The molecule has 1 aliphatic rings. The van der Waals surface area contributed by atoms with E-state index < -0.39 is 0 Å². The molecule has 4 heteroatoms. The summed E-state index contributed by atoms with van der Waals surface area (Å²) >= 11 is 0. The number of hydrogen-bond donors (Lipinski definition) is 1. The van der Waals surface area contributed by atoms with Gasteiger partial charge in [0, 0.05) is 24.8 Å². The highest BCUT2D eigenvalue weighted by molar-refractivity contribution is 5.79. The molecule has 1 fully saturated rings. The van der Waals surface area contributed by atoms with Gasteiger partial charge in [-0.2, -0.15) is 0 Å². The van der Waals surface area contributed by atoms with E-state index >= 15 is 0 Å². The summed E-state index contributed by atoms with van der Waals surface area (Å²) in [5.41, 5.74) is 1.97. The maximum Gasteiger partial charge on any atom is 0.131 e. The number of aryl methyl sites for hydroxylation is 1. The highest BCUT2D eigenvalue weighted by Crippen LogP contribution is 2.21. The Morgan fingerprint density at radius 3 is 2.80 bits per heavy atom. The second-order valence-corrected chi connectivity index (χ2v) is 3.85. The average molecular weight is 205 g/mol. The van der Waals surface area contributed by atoms with E-state index in [1.807, 2.05) is 13.0 Å². The summed E-state index contributed by atoms with van der Waals surface area (Å²) in [7, 11) is 0. The second-order valence-electron chi connectivity index (χ2n) is 3.85. The van der Waals surface area contributed by atoms with Crippen molar-refractivity contribution < 1.29 is 5.21 Å². The molecular formula is C11H15N3O. The fourth-order valence-electron chi connectivity index (χ4n) is 1.99. The maximum atomic E-state index is 8.42. The van der Waals surface area contributed by atoms with Gasteiger partial charge < -0.3 is 10.1 Å². The molecule has 4 nitrogen and oxygen atoms in total. The second kappa shape index (κ2) is 4.29. The predicted octanol–water partition coefficient (Wildman–Crippen LogP) is 1.80. The van der Waals surface area contributed by atoms with Gasteiger partial charge in [-0.1, -0.05) is 5.16 Å². The Morgan fingerprint density at radius 2 is 2.20 bits per heavy atom. The zero-order chi connectivity index (χ0) is 10.7. The lowest BCUT2D eigenvalue weighted by molar-refractivity contribution is 0.322. The van der Waals surface area contributed by atoms with Crippen LogP contribution in [0.5, 0.6) is 0 Å². The van der Waals surface area contributed by atoms with Crippen LogP contribution in [0.4, 0.5) is 5.82 Å². The minimum atomic E-state index is 0.831. The Hall–Kier alpha value is -1.58. The number of pyridine rings is 1. The smallest absolute Gasteiger partial charge is 0.131 e. The summed E-state index contributed by atoms with van der Waals surface area (Å²) in [6.07, 6.45) is 5.63. The van der Waals surface area contributed by atoms with Gasteiger partial charge in [0.1, 0.15) is 5.82 Å². The molecule has 0 aromatic carbocycles. The van der Waals surface area contributed by atoms with Crippen LogP contribution in [0.2, 0.25) is 0 Å². The summed E-state index contributed by atoms with van der Waals surface area (Å²) in [6, 6.07) is 1.99. The molecule has 2 rings (SSSR count). The number of aromatic nitrogens is 1. The van der Waals surface area contributed by atoms with Crippen LogP contribution >= 0.6 is 0 Å². The Balaban J connectivity index is 2.25. The number of rotatable bonds is 2. The Labute approximate surface area is 89.2 Å². The van der Waals surface area contributed by atoms with E-state index in [0.717, 1.165) is 30.0 Å². The maximum absolute atomic E-state index is 8.42. The first-order valence-electron chi connectivity index (χ1n) is 5.20. The van der Waals surface area contributed by atoms with Crippen LogP contribution in [0.3, 0.4) is 0 Å². The molecule has 1 saturated heterocycles. The van der Waals surface area contributed by atoms with Crippen molar-refractivity contribution in [2.24, 2.45) is 5.16 Å². The molecular weight excluding hydrogens is 190 g/mol. The van der Waals surface area contributed by atoms with E-state index in [9.17, 15) is 0 Å². The van der Waals surface area contributed by atoms with Crippen LogP contribution < -0.4 is 4.90 Å². The zero-order valence-electron chi connectivity index (χ0n) is 8.85. The molecule has 0 saturated carbocycles. The molecule has 2 heterocycles. The van der Waals surface area contributed by atoms with Crippen molar-refractivity contribution in [3.63, 3.8) is 0 Å². The molecule has 0 unspecified atom stereocenters. The molecule has 1 aliphatic heterocycles. The normalized spacial score (nSPS) is 16.5. The van der Waals surface area contributed by atoms with Gasteiger partial charge >= 0.3 is 0 Å². The highest BCUT2D eigenvalue weighted by Gasteiger charge is 2.15. The van der Waals surface area contributed by atoms with Gasteiger partial charge in [0.25, 0.3) is 0 Å². The topological polar surface area (TPSA) is 48.7 Å². The lowest BCUT2D eigenvalue weighted by Crippen LogP contribution is -2.20. The summed E-state index contributed by atoms with van der Waals surface area (Å²) in [5.74, 6) is 1.06. The lowest BCUT2D eigenvalue weighted by atomic mass is 10.2. The van der Waals surface area contributed by atoms with Crippen LogP contribution in [-0.2, 0) is 0 Å². The number of hydrogen-bond acceptors (Lipinski definition) is 4. The van der Waals surface area contributed by atoms with E-state index in [4.69, 9.17) is 5.21 Å². The summed E-state index contributed by atoms with van der Waals surface area (Å²) in [5, 5.41) is 11.4. The summed E-state index contributed by atoms with van der Waals surface area (Å²) in [4.78, 5) is 6.70. The molecule has 1 aromatic rings. The van der Waals surface area contributed by atoms with E-state index in [2.05, 4.69) is 15.0 Å². The van der Waals surface area contributed by atoms with Gasteiger partial charge in [-0.3, -0.25) is 0 Å². The number of anilines is 1. The minimum Gasteiger partial charge on any atom is -0.411 e. The van der Waals surface area contributed by atoms with E-state index in [0.29, 0.717) is 0 Å². The molecule has 80 valence electrons. The van der Waals surface area contributed by atoms with Crippen molar-refractivity contribution in [1.82, 2.24) is 4.98 Å². The Morgan fingerprint density at radius 1 is 1.47 bits per heavy atom. The van der Waals surface area contributed by atoms with Crippen LogP contribution in [0.15, 0.2) is 17.4 Å². The molecule has 15 heavy (non-hydrogen) atoms. The third kappa shape index (κ3) is 2.09. The predicted molar refractivity (Wildman–Crippen MR) is 59.8 cm³/mol. The average Bonchev–Trinajstić information content (AvgIpc) is 2.71. The SMILES string of the molecule is Cc1cc(/C=N/O)cnc1N1CCCC1. The largest absolute Gasteiger partial charge is 0.411 e. The molecule has 0 amide bonds. The van der Waals surface area contributed by atoms with Gasteiger partial charge in [-0.05, 0) is 31.4 Å². The molecule has 0 bridgehead atoms. The van der Waals surface area contributed by atoms with E-state index in [1.54, 1.807) is 6.20 Å². The van der Waals surface area contributed by atoms with Crippen LogP contribution in [0.1, 0.15) is 24.0 Å². The van der Waals surface area contributed by atoms with Crippen molar-refractivity contribution in [3.05, 3.63) is 23.4 Å². The van der Waals surface area contributed by atoms with Crippen LogP contribution in [0.25, 0.3) is 0 Å². The zero-order valence-corrected chi connectivity index (χ0v) is 8.85. The van der Waals surface area contributed by atoms with Crippen LogP contribution in [-0.4, -0.2) is 29.5 Å². The van der Waals surface area contributed by atoms with Crippen molar-refractivity contribution in [2.45, 2.75) is 19.8 Å². The Bertz CT molecular complexity index is 370. The summed E-state index contributed by atoms with van der Waals surface area (Å²) in [6.45, 7) is 4.23. The van der Waals surface area contributed by atoms with Gasteiger partial charge in [0.15, 0.2) is 0 Å². The van der Waals surface area contributed by atoms with Gasteiger partial charge in [0.05, 0.1) is 6.21 Å². The van der Waals surface area contributed by atoms with Crippen molar-refractivity contribution in [1.29, 1.82) is 0 Å².